The lowest BCUT2D eigenvalue weighted by atomic mass is 10.0. The van der Waals surface area contributed by atoms with Crippen LogP contribution in [0.15, 0.2) is 60.7 Å². The SMILES string of the molecule is Nc1c(C(=O)N2CCCc3ccccc32)sc2nc(-c3ccc(Cl)cc3)ccc12. The Morgan fingerprint density at radius 1 is 1.07 bits per heavy atom. The van der Waals surface area contributed by atoms with Crippen LogP contribution >= 0.6 is 22.9 Å². The number of amides is 1. The number of rotatable bonds is 2. The van der Waals surface area contributed by atoms with E-state index in [2.05, 4.69) is 6.07 Å². The van der Waals surface area contributed by atoms with Crippen LogP contribution in [0, 0.1) is 0 Å². The molecule has 1 amide bonds. The lowest BCUT2D eigenvalue weighted by molar-refractivity contribution is 0.0990. The van der Waals surface area contributed by atoms with Crippen molar-refractivity contribution in [2.24, 2.45) is 0 Å². The maximum Gasteiger partial charge on any atom is 0.270 e. The van der Waals surface area contributed by atoms with Crippen LogP contribution in [0.2, 0.25) is 5.02 Å². The van der Waals surface area contributed by atoms with E-state index in [4.69, 9.17) is 22.3 Å². The summed E-state index contributed by atoms with van der Waals surface area (Å²) in [7, 11) is 0. The Labute approximate surface area is 177 Å². The molecule has 4 nitrogen and oxygen atoms in total. The van der Waals surface area contributed by atoms with Crippen LogP contribution in [0.1, 0.15) is 21.7 Å². The minimum absolute atomic E-state index is 0.0503. The van der Waals surface area contributed by atoms with Gasteiger partial charge in [-0.25, -0.2) is 4.98 Å². The van der Waals surface area contributed by atoms with Crippen molar-refractivity contribution < 1.29 is 4.79 Å². The van der Waals surface area contributed by atoms with Gasteiger partial charge in [-0.1, -0.05) is 41.9 Å². The molecule has 5 rings (SSSR count). The molecule has 0 saturated heterocycles. The van der Waals surface area contributed by atoms with Crippen LogP contribution in [-0.2, 0) is 6.42 Å². The van der Waals surface area contributed by atoms with Gasteiger partial charge in [0.1, 0.15) is 9.71 Å². The molecule has 0 aliphatic carbocycles. The Morgan fingerprint density at radius 3 is 2.69 bits per heavy atom. The summed E-state index contributed by atoms with van der Waals surface area (Å²) < 4.78 is 0. The highest BCUT2D eigenvalue weighted by molar-refractivity contribution is 7.21. The summed E-state index contributed by atoms with van der Waals surface area (Å²) in [5, 5.41) is 1.51. The number of para-hydroxylation sites is 1. The van der Waals surface area contributed by atoms with Gasteiger partial charge in [-0.05, 0) is 48.7 Å². The Bertz CT molecular complexity index is 1230. The van der Waals surface area contributed by atoms with Crippen LogP contribution in [-0.4, -0.2) is 17.4 Å². The topological polar surface area (TPSA) is 59.2 Å². The van der Waals surface area contributed by atoms with E-state index >= 15 is 0 Å². The highest BCUT2D eigenvalue weighted by Gasteiger charge is 2.27. The van der Waals surface area contributed by atoms with Gasteiger partial charge in [0.05, 0.1) is 11.4 Å². The number of fused-ring (bicyclic) bond motifs is 2. The van der Waals surface area contributed by atoms with Crippen LogP contribution in [0.4, 0.5) is 11.4 Å². The zero-order valence-corrected chi connectivity index (χ0v) is 17.1. The van der Waals surface area contributed by atoms with E-state index in [0.717, 1.165) is 40.0 Å². The quantitative estimate of drug-likeness (QED) is 0.447. The number of thiophene rings is 1. The van der Waals surface area contributed by atoms with Gasteiger partial charge in [0.2, 0.25) is 0 Å². The number of nitrogens with two attached hydrogens (primary N) is 1. The predicted molar refractivity (Wildman–Crippen MR) is 121 cm³/mol. The molecule has 2 aromatic carbocycles. The van der Waals surface area contributed by atoms with E-state index in [1.807, 2.05) is 59.5 Å². The second kappa shape index (κ2) is 7.17. The molecule has 1 aliphatic heterocycles. The summed E-state index contributed by atoms with van der Waals surface area (Å²) >= 11 is 7.34. The number of hydrogen-bond donors (Lipinski definition) is 1. The molecule has 0 bridgehead atoms. The van der Waals surface area contributed by atoms with Crippen molar-refractivity contribution in [3.63, 3.8) is 0 Å². The number of benzene rings is 2. The average molecular weight is 420 g/mol. The van der Waals surface area contributed by atoms with Crippen molar-refractivity contribution >= 4 is 50.4 Å². The molecule has 0 saturated carbocycles. The normalized spacial score (nSPS) is 13.5. The van der Waals surface area contributed by atoms with Gasteiger partial charge >= 0.3 is 0 Å². The van der Waals surface area contributed by atoms with Gasteiger partial charge in [0.15, 0.2) is 0 Å². The molecule has 3 heterocycles. The fourth-order valence-corrected chi connectivity index (χ4v) is 4.97. The van der Waals surface area contributed by atoms with Crippen molar-refractivity contribution in [3.05, 3.63) is 76.1 Å². The first-order chi connectivity index (χ1) is 14.1. The molecule has 2 aromatic heterocycles. The Balaban J connectivity index is 1.55. The Morgan fingerprint density at radius 2 is 1.86 bits per heavy atom. The van der Waals surface area contributed by atoms with Crippen molar-refractivity contribution in [2.75, 3.05) is 17.2 Å². The van der Waals surface area contributed by atoms with Gasteiger partial charge in [-0.15, -0.1) is 11.3 Å². The van der Waals surface area contributed by atoms with Crippen LogP contribution in [0.25, 0.3) is 21.5 Å². The summed E-state index contributed by atoms with van der Waals surface area (Å²) in [6.45, 7) is 0.701. The van der Waals surface area contributed by atoms with E-state index in [-0.39, 0.29) is 5.91 Å². The number of carbonyl (C=O) groups is 1. The molecule has 0 fully saturated rings. The minimum atomic E-state index is -0.0503. The molecule has 0 unspecified atom stereocenters. The predicted octanol–water partition coefficient (Wildman–Crippen LogP) is 5.79. The third kappa shape index (κ3) is 3.16. The van der Waals surface area contributed by atoms with Crippen molar-refractivity contribution in [2.45, 2.75) is 12.8 Å². The van der Waals surface area contributed by atoms with Crippen LogP contribution < -0.4 is 10.6 Å². The van der Waals surface area contributed by atoms with Gasteiger partial charge in [-0.3, -0.25) is 4.79 Å². The number of aromatic nitrogens is 1. The fourth-order valence-electron chi connectivity index (χ4n) is 3.80. The highest BCUT2D eigenvalue weighted by Crippen LogP contribution is 2.37. The largest absolute Gasteiger partial charge is 0.397 e. The van der Waals surface area contributed by atoms with Crippen molar-refractivity contribution in [1.82, 2.24) is 4.98 Å². The monoisotopic (exact) mass is 419 g/mol. The number of halogens is 1. The first-order valence-corrected chi connectivity index (χ1v) is 10.7. The van der Waals surface area contributed by atoms with E-state index < -0.39 is 0 Å². The van der Waals surface area contributed by atoms with Crippen LogP contribution in [0.5, 0.6) is 0 Å². The average Bonchev–Trinajstić information content (AvgIpc) is 3.09. The summed E-state index contributed by atoms with van der Waals surface area (Å²) in [6, 6.07) is 19.5. The molecular formula is C23H18ClN3OS. The summed E-state index contributed by atoms with van der Waals surface area (Å²) in [5.41, 5.74) is 10.9. The molecule has 4 aromatic rings. The number of carbonyl (C=O) groups excluding carboxylic acids is 1. The fraction of sp³-hybridized carbons (Fsp3) is 0.130. The highest BCUT2D eigenvalue weighted by atomic mass is 35.5. The molecule has 29 heavy (non-hydrogen) atoms. The number of anilines is 2. The van der Waals surface area contributed by atoms with E-state index in [1.54, 1.807) is 0 Å². The number of nitrogens with zero attached hydrogens (tertiary/aromatic N) is 2. The van der Waals surface area contributed by atoms with E-state index in [1.165, 1.54) is 16.9 Å². The van der Waals surface area contributed by atoms with E-state index in [9.17, 15) is 4.79 Å². The van der Waals surface area contributed by atoms with Crippen molar-refractivity contribution in [1.29, 1.82) is 0 Å². The zero-order chi connectivity index (χ0) is 20.0. The molecule has 0 atom stereocenters. The standard InChI is InChI=1S/C23H18ClN3OS/c24-16-9-7-14(8-10-16)18-12-11-17-20(25)21(29-22(17)26-18)23(28)27-13-3-5-15-4-1-2-6-19(15)27/h1-2,4,6-12H,3,5,13,25H2. The summed E-state index contributed by atoms with van der Waals surface area (Å²) in [4.78, 5) is 21.3. The molecule has 144 valence electrons. The second-order valence-electron chi connectivity index (χ2n) is 7.09. The van der Waals surface area contributed by atoms with Gasteiger partial charge in [0.25, 0.3) is 5.91 Å². The molecule has 1 aliphatic rings. The number of nitrogen functional groups attached to an aromatic ring is 1. The van der Waals surface area contributed by atoms with E-state index in [0.29, 0.717) is 22.1 Å². The second-order valence-corrected chi connectivity index (χ2v) is 8.53. The molecular weight excluding hydrogens is 402 g/mol. The molecule has 0 radical (unpaired) electrons. The third-order valence-corrected chi connectivity index (χ3v) is 6.64. The minimum Gasteiger partial charge on any atom is -0.397 e. The lowest BCUT2D eigenvalue weighted by Crippen LogP contribution is -2.35. The van der Waals surface area contributed by atoms with Gasteiger partial charge in [-0.2, -0.15) is 0 Å². The summed E-state index contributed by atoms with van der Waals surface area (Å²) in [6.07, 6.45) is 1.94. The maximum absolute atomic E-state index is 13.4. The lowest BCUT2D eigenvalue weighted by Gasteiger charge is -2.29. The third-order valence-electron chi connectivity index (χ3n) is 5.28. The number of pyridine rings is 1. The Hall–Kier alpha value is -2.89. The van der Waals surface area contributed by atoms with Gasteiger partial charge < -0.3 is 10.6 Å². The smallest absolute Gasteiger partial charge is 0.270 e. The zero-order valence-electron chi connectivity index (χ0n) is 15.6. The molecule has 2 N–H and O–H groups in total. The van der Waals surface area contributed by atoms with Crippen molar-refractivity contribution in [3.8, 4) is 11.3 Å². The summed E-state index contributed by atoms with van der Waals surface area (Å²) in [5.74, 6) is -0.0503. The maximum atomic E-state index is 13.4. The first-order valence-electron chi connectivity index (χ1n) is 9.46. The van der Waals surface area contributed by atoms with Gasteiger partial charge in [0, 0.05) is 28.2 Å². The first kappa shape index (κ1) is 18.2. The number of aryl methyl sites for hydroxylation is 1. The molecule has 6 heteroatoms. The van der Waals surface area contributed by atoms with Crippen LogP contribution in [0.3, 0.4) is 0 Å². The molecule has 0 spiro atoms. The number of hydrogen-bond acceptors (Lipinski definition) is 4. The Kier molecular flexibility index (Phi) is 4.49.